The number of hydrazone groups is 1. The van der Waals surface area contributed by atoms with Gasteiger partial charge in [0, 0.05) is 11.1 Å². The van der Waals surface area contributed by atoms with Crippen LogP contribution in [0.15, 0.2) is 59.7 Å². The molecule has 3 aromatic carbocycles. The fourth-order valence-corrected chi connectivity index (χ4v) is 3.61. The normalized spacial score (nSPS) is 13.3. The van der Waals surface area contributed by atoms with Crippen LogP contribution in [0.1, 0.15) is 39.5 Å². The summed E-state index contributed by atoms with van der Waals surface area (Å²) in [5.41, 5.74) is 9.07. The van der Waals surface area contributed by atoms with Crippen molar-refractivity contribution in [2.45, 2.75) is 26.7 Å². The van der Waals surface area contributed by atoms with E-state index < -0.39 is 0 Å². The van der Waals surface area contributed by atoms with Gasteiger partial charge in [-0.3, -0.25) is 4.79 Å². The minimum atomic E-state index is -0.186. The van der Waals surface area contributed by atoms with Gasteiger partial charge in [-0.15, -0.1) is 0 Å². The lowest BCUT2D eigenvalue weighted by Gasteiger charge is -2.09. The molecule has 1 aliphatic rings. The molecule has 3 heteroatoms. The first-order chi connectivity index (χ1) is 12.1. The van der Waals surface area contributed by atoms with Gasteiger partial charge < -0.3 is 0 Å². The second-order valence-corrected chi connectivity index (χ2v) is 6.62. The summed E-state index contributed by atoms with van der Waals surface area (Å²) < 4.78 is 0. The quantitative estimate of drug-likeness (QED) is 0.562. The highest BCUT2D eigenvalue weighted by atomic mass is 16.2. The Balaban J connectivity index is 1.65. The standard InChI is InChI=1S/C22H20N2O/c1-14-5-3-7-18(13-14)22(25)24-23-15(2)19-12-11-17-10-9-16-6-4-8-20(19)21(16)17/h3-8,11-13H,9-10H2,1-2H3,(H,24,25). The van der Waals surface area contributed by atoms with Crippen molar-refractivity contribution in [1.82, 2.24) is 5.43 Å². The molecule has 1 amide bonds. The lowest BCUT2D eigenvalue weighted by atomic mass is 9.98. The zero-order valence-electron chi connectivity index (χ0n) is 14.5. The van der Waals surface area contributed by atoms with Crippen LogP contribution in [0.3, 0.4) is 0 Å². The number of nitrogens with zero attached hydrogens (tertiary/aromatic N) is 1. The lowest BCUT2D eigenvalue weighted by Crippen LogP contribution is -2.19. The van der Waals surface area contributed by atoms with E-state index in [1.807, 2.05) is 32.0 Å². The van der Waals surface area contributed by atoms with Crippen molar-refractivity contribution in [3.05, 3.63) is 82.4 Å². The van der Waals surface area contributed by atoms with Gasteiger partial charge in [0.25, 0.3) is 5.91 Å². The number of aryl methyl sites for hydroxylation is 3. The summed E-state index contributed by atoms with van der Waals surface area (Å²) in [7, 11) is 0. The molecule has 0 saturated carbocycles. The van der Waals surface area contributed by atoms with Gasteiger partial charge in [0.2, 0.25) is 0 Å². The number of carbonyl (C=O) groups excluding carboxylic acids is 1. The van der Waals surface area contributed by atoms with Crippen molar-refractivity contribution in [2.24, 2.45) is 5.10 Å². The third kappa shape index (κ3) is 2.82. The van der Waals surface area contributed by atoms with Crippen molar-refractivity contribution in [3.8, 4) is 0 Å². The molecule has 25 heavy (non-hydrogen) atoms. The Bertz CT molecular complexity index is 1010. The van der Waals surface area contributed by atoms with E-state index in [0.29, 0.717) is 5.56 Å². The van der Waals surface area contributed by atoms with Crippen LogP contribution in [0.5, 0.6) is 0 Å². The van der Waals surface area contributed by atoms with Crippen molar-refractivity contribution >= 4 is 22.4 Å². The van der Waals surface area contributed by atoms with E-state index in [-0.39, 0.29) is 5.91 Å². The first-order valence-electron chi connectivity index (χ1n) is 8.58. The van der Waals surface area contributed by atoms with Crippen LogP contribution < -0.4 is 5.43 Å². The Kier molecular flexibility index (Phi) is 3.85. The number of hydrogen-bond acceptors (Lipinski definition) is 2. The number of carbonyl (C=O) groups is 1. The van der Waals surface area contributed by atoms with E-state index in [9.17, 15) is 4.79 Å². The Morgan fingerprint density at radius 1 is 1.00 bits per heavy atom. The van der Waals surface area contributed by atoms with Gasteiger partial charge in [-0.1, -0.05) is 48.0 Å². The maximum atomic E-state index is 12.3. The summed E-state index contributed by atoms with van der Waals surface area (Å²) in [5, 5.41) is 6.93. The van der Waals surface area contributed by atoms with Crippen molar-refractivity contribution in [2.75, 3.05) is 0 Å². The molecule has 0 aromatic heterocycles. The van der Waals surface area contributed by atoms with Gasteiger partial charge >= 0.3 is 0 Å². The lowest BCUT2D eigenvalue weighted by molar-refractivity contribution is 0.0954. The first kappa shape index (κ1) is 15.6. The molecule has 0 heterocycles. The van der Waals surface area contributed by atoms with Crippen molar-refractivity contribution < 1.29 is 4.79 Å². The molecule has 0 radical (unpaired) electrons. The molecule has 0 unspecified atom stereocenters. The maximum absolute atomic E-state index is 12.3. The second-order valence-electron chi connectivity index (χ2n) is 6.62. The van der Waals surface area contributed by atoms with E-state index >= 15 is 0 Å². The molecule has 0 spiro atoms. The fourth-order valence-electron chi connectivity index (χ4n) is 3.61. The molecular weight excluding hydrogens is 308 g/mol. The van der Waals surface area contributed by atoms with Crippen LogP contribution in [0.2, 0.25) is 0 Å². The van der Waals surface area contributed by atoms with E-state index in [1.165, 1.54) is 21.9 Å². The molecule has 0 atom stereocenters. The highest BCUT2D eigenvalue weighted by Gasteiger charge is 2.16. The first-order valence-corrected chi connectivity index (χ1v) is 8.58. The van der Waals surface area contributed by atoms with E-state index in [2.05, 4.69) is 40.9 Å². The monoisotopic (exact) mass is 328 g/mol. The summed E-state index contributed by atoms with van der Waals surface area (Å²) in [5.74, 6) is -0.186. The third-order valence-corrected chi connectivity index (χ3v) is 4.87. The summed E-state index contributed by atoms with van der Waals surface area (Å²) in [6.07, 6.45) is 2.22. The fraction of sp³-hybridized carbons (Fsp3) is 0.182. The van der Waals surface area contributed by atoms with Gasteiger partial charge in [0.1, 0.15) is 0 Å². The zero-order chi connectivity index (χ0) is 17.4. The second kappa shape index (κ2) is 6.17. The number of benzene rings is 3. The Morgan fingerprint density at radius 2 is 1.76 bits per heavy atom. The SMILES string of the molecule is CC(=NNC(=O)c1cccc(C)c1)c1ccc2c3c(cccc13)CC2. The summed E-state index contributed by atoms with van der Waals surface area (Å²) >= 11 is 0. The minimum absolute atomic E-state index is 0.186. The predicted octanol–water partition coefficient (Wildman–Crippen LogP) is 4.40. The van der Waals surface area contributed by atoms with E-state index in [4.69, 9.17) is 0 Å². The molecule has 0 fully saturated rings. The molecule has 124 valence electrons. The molecule has 4 rings (SSSR count). The smallest absolute Gasteiger partial charge is 0.267 e. The van der Waals surface area contributed by atoms with Gasteiger partial charge in [0.15, 0.2) is 0 Å². The highest BCUT2D eigenvalue weighted by molar-refractivity contribution is 6.11. The van der Waals surface area contributed by atoms with Crippen LogP contribution >= 0.6 is 0 Å². The molecular formula is C22H20N2O. The molecule has 1 N–H and O–H groups in total. The van der Waals surface area contributed by atoms with Crippen LogP contribution in [0.25, 0.3) is 10.8 Å². The van der Waals surface area contributed by atoms with Crippen molar-refractivity contribution in [3.63, 3.8) is 0 Å². The van der Waals surface area contributed by atoms with Crippen molar-refractivity contribution in [1.29, 1.82) is 0 Å². The average molecular weight is 328 g/mol. The summed E-state index contributed by atoms with van der Waals surface area (Å²) in [6.45, 7) is 3.91. The average Bonchev–Trinajstić information content (AvgIpc) is 3.05. The van der Waals surface area contributed by atoms with Gasteiger partial charge in [-0.25, -0.2) is 5.43 Å². The topological polar surface area (TPSA) is 41.5 Å². The Morgan fingerprint density at radius 3 is 2.56 bits per heavy atom. The van der Waals surface area contributed by atoms with Crippen LogP contribution in [-0.4, -0.2) is 11.6 Å². The van der Waals surface area contributed by atoms with Gasteiger partial charge in [-0.05, 0) is 60.7 Å². The van der Waals surface area contributed by atoms with E-state index in [1.54, 1.807) is 6.07 Å². The van der Waals surface area contributed by atoms with Crippen LogP contribution in [0.4, 0.5) is 0 Å². The predicted molar refractivity (Wildman–Crippen MR) is 102 cm³/mol. The summed E-state index contributed by atoms with van der Waals surface area (Å²) in [6, 6.07) is 18.3. The third-order valence-electron chi connectivity index (χ3n) is 4.87. The molecule has 0 bridgehead atoms. The Hall–Kier alpha value is -2.94. The number of amides is 1. The number of nitrogens with one attached hydrogen (secondary N) is 1. The largest absolute Gasteiger partial charge is 0.271 e. The zero-order valence-corrected chi connectivity index (χ0v) is 14.5. The molecule has 3 aromatic rings. The maximum Gasteiger partial charge on any atom is 0.271 e. The molecule has 3 nitrogen and oxygen atoms in total. The number of rotatable bonds is 3. The highest BCUT2D eigenvalue weighted by Crippen LogP contribution is 2.32. The van der Waals surface area contributed by atoms with Gasteiger partial charge in [0.05, 0.1) is 5.71 Å². The minimum Gasteiger partial charge on any atom is -0.267 e. The van der Waals surface area contributed by atoms with Crippen LogP contribution in [0, 0.1) is 6.92 Å². The molecule has 0 saturated heterocycles. The Labute approximate surface area is 147 Å². The number of hydrogen-bond donors (Lipinski definition) is 1. The molecule has 0 aliphatic heterocycles. The molecule has 1 aliphatic carbocycles. The summed E-state index contributed by atoms with van der Waals surface area (Å²) in [4.78, 5) is 12.3. The van der Waals surface area contributed by atoms with Crippen LogP contribution in [-0.2, 0) is 12.8 Å². The van der Waals surface area contributed by atoms with Gasteiger partial charge in [-0.2, -0.15) is 5.10 Å². The van der Waals surface area contributed by atoms with E-state index in [0.717, 1.165) is 29.7 Å².